The molecule has 4 heteroatoms. The van der Waals surface area contributed by atoms with Crippen LogP contribution in [0.1, 0.15) is 51.1 Å². The topological polar surface area (TPSA) is 15.3 Å². The lowest BCUT2D eigenvalue weighted by atomic mass is 9.86. The van der Waals surface area contributed by atoms with Gasteiger partial charge in [-0.2, -0.15) is 0 Å². The summed E-state index contributed by atoms with van der Waals surface area (Å²) in [5.41, 5.74) is 0.311. The minimum atomic E-state index is -0.529. The normalized spacial score (nSPS) is 19.3. The summed E-state index contributed by atoms with van der Waals surface area (Å²) in [6.45, 7) is 6.35. The predicted octanol–water partition coefficient (Wildman–Crippen LogP) is 3.88. The van der Waals surface area contributed by atoms with Crippen molar-refractivity contribution in [2.75, 3.05) is 20.1 Å². The Labute approximate surface area is 126 Å². The molecule has 0 saturated carbocycles. The molecule has 1 saturated heterocycles. The summed E-state index contributed by atoms with van der Waals surface area (Å²) >= 11 is 0. The molecule has 0 bridgehead atoms. The first-order chi connectivity index (χ1) is 9.96. The molecule has 1 heterocycles. The highest BCUT2D eigenvalue weighted by atomic mass is 19.1. The molecule has 1 unspecified atom stereocenters. The van der Waals surface area contributed by atoms with Crippen LogP contribution in [0.25, 0.3) is 0 Å². The molecule has 0 aromatic heterocycles. The van der Waals surface area contributed by atoms with Gasteiger partial charge in [-0.3, -0.25) is 4.90 Å². The lowest BCUT2D eigenvalue weighted by Crippen LogP contribution is -2.52. The van der Waals surface area contributed by atoms with E-state index < -0.39 is 11.6 Å². The van der Waals surface area contributed by atoms with E-state index in [2.05, 4.69) is 24.1 Å². The summed E-state index contributed by atoms with van der Waals surface area (Å²) in [6, 6.07) is 3.70. The minimum Gasteiger partial charge on any atom is -0.311 e. The molecule has 0 radical (unpaired) electrons. The lowest BCUT2D eigenvalue weighted by molar-refractivity contribution is 0.0850. The lowest BCUT2D eigenvalue weighted by Gasteiger charge is -2.44. The third-order valence-electron chi connectivity index (χ3n) is 4.69. The fourth-order valence-corrected chi connectivity index (χ4v) is 3.45. The maximum atomic E-state index is 14.2. The van der Waals surface area contributed by atoms with E-state index in [4.69, 9.17) is 0 Å². The second-order valence-electron chi connectivity index (χ2n) is 6.44. The average molecular weight is 296 g/mol. The van der Waals surface area contributed by atoms with Crippen LogP contribution in [0.4, 0.5) is 8.78 Å². The number of halogens is 2. The van der Waals surface area contributed by atoms with Crippen LogP contribution in [-0.2, 0) is 0 Å². The molecular formula is C17H26F2N2. The highest BCUT2D eigenvalue weighted by Crippen LogP contribution is 2.34. The summed E-state index contributed by atoms with van der Waals surface area (Å²) in [5, 5.41) is 3.23. The van der Waals surface area contributed by atoms with Crippen LogP contribution in [0.3, 0.4) is 0 Å². The standard InChI is InChI=1S/C17H26F2N2/c1-17(2,21-10-6-4-5-7-11-21)16(20-3)14-9-8-13(18)12-15(14)19/h8-9,12,16,20H,4-7,10-11H2,1-3H3. The number of likely N-dealkylation sites (tertiary alicyclic amines) is 1. The smallest absolute Gasteiger partial charge is 0.130 e. The van der Waals surface area contributed by atoms with E-state index in [9.17, 15) is 8.78 Å². The van der Waals surface area contributed by atoms with Gasteiger partial charge in [0, 0.05) is 17.2 Å². The molecule has 118 valence electrons. The first-order valence-corrected chi connectivity index (χ1v) is 7.84. The summed E-state index contributed by atoms with van der Waals surface area (Å²) < 4.78 is 27.3. The van der Waals surface area contributed by atoms with Gasteiger partial charge in [0.05, 0.1) is 6.04 Å². The first-order valence-electron chi connectivity index (χ1n) is 7.84. The van der Waals surface area contributed by atoms with E-state index in [0.29, 0.717) is 5.56 Å². The fraction of sp³-hybridized carbons (Fsp3) is 0.647. The zero-order valence-corrected chi connectivity index (χ0v) is 13.3. The van der Waals surface area contributed by atoms with Crippen LogP contribution < -0.4 is 5.32 Å². The number of nitrogens with one attached hydrogen (secondary N) is 1. The molecule has 1 aromatic carbocycles. The molecule has 1 aliphatic heterocycles. The highest BCUT2D eigenvalue weighted by molar-refractivity contribution is 5.25. The van der Waals surface area contributed by atoms with E-state index in [1.807, 2.05) is 7.05 Å². The fourth-order valence-electron chi connectivity index (χ4n) is 3.45. The molecular weight excluding hydrogens is 270 g/mol. The summed E-state index contributed by atoms with van der Waals surface area (Å²) in [4.78, 5) is 2.43. The molecule has 2 rings (SSSR count). The molecule has 1 atom stereocenters. The number of hydrogen-bond acceptors (Lipinski definition) is 2. The van der Waals surface area contributed by atoms with Crippen molar-refractivity contribution >= 4 is 0 Å². The maximum absolute atomic E-state index is 14.2. The Morgan fingerprint density at radius 2 is 1.71 bits per heavy atom. The number of likely N-dealkylation sites (N-methyl/N-ethyl adjacent to an activating group) is 1. The molecule has 1 aromatic rings. The van der Waals surface area contributed by atoms with Crippen LogP contribution in [0, 0.1) is 11.6 Å². The van der Waals surface area contributed by atoms with Crippen LogP contribution in [0.5, 0.6) is 0 Å². The molecule has 21 heavy (non-hydrogen) atoms. The number of benzene rings is 1. The van der Waals surface area contributed by atoms with Crippen molar-refractivity contribution in [2.45, 2.75) is 51.1 Å². The average Bonchev–Trinajstić information content (AvgIpc) is 2.71. The number of hydrogen-bond donors (Lipinski definition) is 1. The number of nitrogens with zero attached hydrogens (tertiary/aromatic N) is 1. The van der Waals surface area contributed by atoms with Gasteiger partial charge in [-0.1, -0.05) is 18.9 Å². The highest BCUT2D eigenvalue weighted by Gasteiger charge is 2.36. The second kappa shape index (κ2) is 6.84. The molecule has 0 spiro atoms. The molecule has 2 nitrogen and oxygen atoms in total. The van der Waals surface area contributed by atoms with Gasteiger partial charge in [0.1, 0.15) is 11.6 Å². The maximum Gasteiger partial charge on any atom is 0.130 e. The van der Waals surface area contributed by atoms with E-state index in [1.54, 1.807) is 6.07 Å². The van der Waals surface area contributed by atoms with Gasteiger partial charge in [-0.05, 0) is 52.9 Å². The van der Waals surface area contributed by atoms with Crippen LogP contribution in [0.15, 0.2) is 18.2 Å². The van der Waals surface area contributed by atoms with E-state index in [0.717, 1.165) is 19.2 Å². The van der Waals surface area contributed by atoms with Gasteiger partial charge < -0.3 is 5.32 Å². The van der Waals surface area contributed by atoms with Gasteiger partial charge in [-0.15, -0.1) is 0 Å². The number of rotatable bonds is 4. The van der Waals surface area contributed by atoms with Crippen molar-refractivity contribution in [2.24, 2.45) is 0 Å². The Morgan fingerprint density at radius 3 is 2.24 bits per heavy atom. The third-order valence-corrected chi connectivity index (χ3v) is 4.69. The Balaban J connectivity index is 2.29. The second-order valence-corrected chi connectivity index (χ2v) is 6.44. The van der Waals surface area contributed by atoms with Gasteiger partial charge in [0.25, 0.3) is 0 Å². The molecule has 1 N–H and O–H groups in total. The van der Waals surface area contributed by atoms with Crippen LogP contribution in [0.2, 0.25) is 0 Å². The van der Waals surface area contributed by atoms with Crippen molar-refractivity contribution in [3.05, 3.63) is 35.4 Å². The van der Waals surface area contributed by atoms with Crippen molar-refractivity contribution in [3.63, 3.8) is 0 Å². The van der Waals surface area contributed by atoms with Crippen molar-refractivity contribution in [1.82, 2.24) is 10.2 Å². The predicted molar refractivity (Wildman–Crippen MR) is 82.3 cm³/mol. The van der Waals surface area contributed by atoms with E-state index in [1.165, 1.54) is 31.7 Å². The Bertz CT molecular complexity index is 466. The van der Waals surface area contributed by atoms with E-state index >= 15 is 0 Å². The first kappa shape index (κ1) is 16.4. The van der Waals surface area contributed by atoms with Gasteiger partial charge in [0.15, 0.2) is 0 Å². The van der Waals surface area contributed by atoms with E-state index in [-0.39, 0.29) is 11.6 Å². The molecule has 0 aliphatic carbocycles. The Hall–Kier alpha value is -1.00. The van der Waals surface area contributed by atoms with Crippen molar-refractivity contribution in [3.8, 4) is 0 Å². The van der Waals surface area contributed by atoms with Crippen molar-refractivity contribution in [1.29, 1.82) is 0 Å². The van der Waals surface area contributed by atoms with Crippen LogP contribution >= 0.6 is 0 Å². The Kier molecular flexibility index (Phi) is 5.33. The van der Waals surface area contributed by atoms with Gasteiger partial charge >= 0.3 is 0 Å². The molecule has 1 aliphatic rings. The quantitative estimate of drug-likeness (QED) is 0.907. The zero-order valence-electron chi connectivity index (χ0n) is 13.3. The largest absolute Gasteiger partial charge is 0.311 e. The molecule has 0 amide bonds. The monoisotopic (exact) mass is 296 g/mol. The zero-order chi connectivity index (χ0) is 15.5. The third kappa shape index (κ3) is 3.61. The summed E-state index contributed by atoms with van der Waals surface area (Å²) in [6.07, 6.45) is 4.90. The minimum absolute atomic E-state index is 0.170. The van der Waals surface area contributed by atoms with Gasteiger partial charge in [-0.25, -0.2) is 8.78 Å². The SMILES string of the molecule is CNC(c1ccc(F)cc1F)C(C)(C)N1CCCCCC1. The van der Waals surface area contributed by atoms with Crippen molar-refractivity contribution < 1.29 is 8.78 Å². The summed E-state index contributed by atoms with van der Waals surface area (Å²) in [7, 11) is 1.84. The van der Waals surface area contributed by atoms with Crippen LogP contribution in [-0.4, -0.2) is 30.6 Å². The Morgan fingerprint density at radius 1 is 1.10 bits per heavy atom. The summed E-state index contributed by atoms with van der Waals surface area (Å²) in [5.74, 6) is -1.00. The van der Waals surface area contributed by atoms with Gasteiger partial charge in [0.2, 0.25) is 0 Å². The molecule has 1 fully saturated rings.